The third kappa shape index (κ3) is 4.80. The molecule has 1 aromatic heterocycles. The van der Waals surface area contributed by atoms with E-state index in [0.29, 0.717) is 34.2 Å². The Hall–Kier alpha value is -2.90. The Kier molecular flexibility index (Phi) is 6.30. The molecule has 8 heteroatoms. The van der Waals surface area contributed by atoms with Gasteiger partial charge in [0.15, 0.2) is 0 Å². The number of halogens is 1. The fourth-order valence-electron chi connectivity index (χ4n) is 3.28. The summed E-state index contributed by atoms with van der Waals surface area (Å²) < 4.78 is 5.72. The van der Waals surface area contributed by atoms with Gasteiger partial charge in [-0.3, -0.25) is 9.59 Å². The van der Waals surface area contributed by atoms with Crippen molar-refractivity contribution in [1.29, 1.82) is 0 Å². The summed E-state index contributed by atoms with van der Waals surface area (Å²) in [4.78, 5) is 31.7. The number of nitrogens with zero attached hydrogens (tertiary/aromatic N) is 2. The second kappa shape index (κ2) is 9.28. The third-order valence-corrected chi connectivity index (χ3v) is 5.69. The number of amides is 2. The minimum absolute atomic E-state index is 0.120. The lowest BCUT2D eigenvalue weighted by Crippen LogP contribution is -2.28. The molecule has 4 rings (SSSR count). The quantitative estimate of drug-likeness (QED) is 0.592. The van der Waals surface area contributed by atoms with Gasteiger partial charge in [0.2, 0.25) is 0 Å². The Morgan fingerprint density at radius 2 is 2.00 bits per heavy atom. The molecule has 1 fully saturated rings. The van der Waals surface area contributed by atoms with Gasteiger partial charge in [-0.2, -0.15) is 0 Å². The van der Waals surface area contributed by atoms with E-state index in [2.05, 4.69) is 10.3 Å². The zero-order valence-electron chi connectivity index (χ0n) is 16.1. The first-order valence-electron chi connectivity index (χ1n) is 9.60. The van der Waals surface area contributed by atoms with Crippen LogP contribution in [0.3, 0.4) is 0 Å². The third-order valence-electron chi connectivity index (χ3n) is 4.82. The number of likely N-dealkylation sites (tertiary alicyclic amines) is 1. The molecule has 3 aromatic rings. The SMILES string of the molecule is O=C(Nc1ccc(Cl)cc1C(=O)N1CCCC1)c1cccc(OCc2cscn2)c1. The van der Waals surface area contributed by atoms with Crippen molar-refractivity contribution in [2.45, 2.75) is 19.4 Å². The van der Waals surface area contributed by atoms with Crippen molar-refractivity contribution < 1.29 is 14.3 Å². The molecule has 1 aliphatic heterocycles. The molecule has 1 N–H and O–H groups in total. The number of anilines is 1. The van der Waals surface area contributed by atoms with E-state index in [1.54, 1.807) is 52.9 Å². The predicted molar refractivity (Wildman–Crippen MR) is 117 cm³/mol. The fraction of sp³-hybridized carbons (Fsp3) is 0.227. The molecule has 0 bridgehead atoms. The number of nitrogens with one attached hydrogen (secondary N) is 1. The number of hydrogen-bond donors (Lipinski definition) is 1. The first-order valence-corrected chi connectivity index (χ1v) is 10.9. The molecule has 2 amide bonds. The van der Waals surface area contributed by atoms with Crippen LogP contribution >= 0.6 is 22.9 Å². The van der Waals surface area contributed by atoms with E-state index >= 15 is 0 Å². The van der Waals surface area contributed by atoms with Crippen LogP contribution in [0.4, 0.5) is 5.69 Å². The number of rotatable bonds is 6. The lowest BCUT2D eigenvalue weighted by atomic mass is 10.1. The van der Waals surface area contributed by atoms with Crippen LogP contribution in [0, 0.1) is 0 Å². The summed E-state index contributed by atoms with van der Waals surface area (Å²) in [5.74, 6) is 0.123. The smallest absolute Gasteiger partial charge is 0.256 e. The van der Waals surface area contributed by atoms with Crippen molar-refractivity contribution >= 4 is 40.4 Å². The topological polar surface area (TPSA) is 71.5 Å². The largest absolute Gasteiger partial charge is 0.487 e. The molecule has 30 heavy (non-hydrogen) atoms. The highest BCUT2D eigenvalue weighted by Gasteiger charge is 2.23. The minimum Gasteiger partial charge on any atom is -0.487 e. The number of hydrogen-bond acceptors (Lipinski definition) is 5. The van der Waals surface area contributed by atoms with Crippen LogP contribution in [-0.4, -0.2) is 34.8 Å². The van der Waals surface area contributed by atoms with Gasteiger partial charge in [-0.05, 0) is 49.2 Å². The van der Waals surface area contributed by atoms with Crippen molar-refractivity contribution in [3.63, 3.8) is 0 Å². The molecular weight excluding hydrogens is 422 g/mol. The second-order valence-corrected chi connectivity index (χ2v) is 8.09. The van der Waals surface area contributed by atoms with Crippen LogP contribution in [-0.2, 0) is 6.61 Å². The number of carbonyl (C=O) groups excluding carboxylic acids is 2. The van der Waals surface area contributed by atoms with Crippen LogP contribution < -0.4 is 10.1 Å². The van der Waals surface area contributed by atoms with Crippen LogP contribution in [0.1, 0.15) is 39.3 Å². The highest BCUT2D eigenvalue weighted by Crippen LogP contribution is 2.25. The van der Waals surface area contributed by atoms with Crippen LogP contribution in [0.25, 0.3) is 0 Å². The van der Waals surface area contributed by atoms with Crippen molar-refractivity contribution in [3.05, 3.63) is 75.2 Å². The molecule has 0 radical (unpaired) electrons. The molecule has 0 atom stereocenters. The number of benzene rings is 2. The first kappa shape index (κ1) is 20.4. The highest BCUT2D eigenvalue weighted by molar-refractivity contribution is 7.07. The maximum atomic E-state index is 12.9. The van der Waals surface area contributed by atoms with E-state index in [0.717, 1.165) is 31.6 Å². The zero-order valence-corrected chi connectivity index (χ0v) is 17.7. The predicted octanol–water partition coefficient (Wildman–Crippen LogP) is 4.86. The average molecular weight is 442 g/mol. The van der Waals surface area contributed by atoms with Gasteiger partial charge >= 0.3 is 0 Å². The summed E-state index contributed by atoms with van der Waals surface area (Å²) in [5, 5.41) is 5.21. The van der Waals surface area contributed by atoms with Crippen LogP contribution in [0.15, 0.2) is 53.4 Å². The molecule has 2 heterocycles. The van der Waals surface area contributed by atoms with Crippen LogP contribution in [0.2, 0.25) is 5.02 Å². The Labute approximate surface area is 183 Å². The van der Waals surface area contributed by atoms with Crippen molar-refractivity contribution in [2.75, 3.05) is 18.4 Å². The molecule has 1 saturated heterocycles. The number of aromatic nitrogens is 1. The monoisotopic (exact) mass is 441 g/mol. The molecule has 0 spiro atoms. The maximum Gasteiger partial charge on any atom is 0.256 e. The highest BCUT2D eigenvalue weighted by atomic mass is 35.5. The average Bonchev–Trinajstić information content (AvgIpc) is 3.47. The first-order chi connectivity index (χ1) is 14.6. The molecular formula is C22H20ClN3O3S. The molecule has 6 nitrogen and oxygen atoms in total. The number of thiazole rings is 1. The molecule has 1 aliphatic rings. The molecule has 0 aliphatic carbocycles. The van der Waals surface area contributed by atoms with Gasteiger partial charge in [0.05, 0.1) is 22.5 Å². The maximum absolute atomic E-state index is 12.9. The second-order valence-electron chi connectivity index (χ2n) is 6.94. The summed E-state index contributed by atoms with van der Waals surface area (Å²) >= 11 is 7.62. The van der Waals surface area contributed by atoms with Gasteiger partial charge in [0, 0.05) is 29.1 Å². The van der Waals surface area contributed by atoms with Gasteiger partial charge < -0.3 is 15.0 Å². The lowest BCUT2D eigenvalue weighted by Gasteiger charge is -2.18. The van der Waals surface area contributed by atoms with Gasteiger partial charge in [-0.15, -0.1) is 11.3 Å². The van der Waals surface area contributed by atoms with Crippen molar-refractivity contribution in [2.24, 2.45) is 0 Å². The van der Waals surface area contributed by atoms with E-state index in [4.69, 9.17) is 16.3 Å². The summed E-state index contributed by atoms with van der Waals surface area (Å²) in [7, 11) is 0. The standard InChI is InChI=1S/C22H20ClN3O3S/c23-16-6-7-20(19(11-16)22(28)26-8-1-2-9-26)25-21(27)15-4-3-5-18(10-15)29-12-17-13-30-14-24-17/h3-7,10-11,13-14H,1-2,8-9,12H2,(H,25,27). The van der Waals surface area contributed by atoms with Crippen molar-refractivity contribution in [3.8, 4) is 5.75 Å². The molecule has 0 unspecified atom stereocenters. The Morgan fingerprint density at radius 1 is 1.17 bits per heavy atom. The normalized spacial score (nSPS) is 13.3. The van der Waals surface area contributed by atoms with Crippen molar-refractivity contribution in [1.82, 2.24) is 9.88 Å². The minimum atomic E-state index is -0.327. The van der Waals surface area contributed by atoms with Gasteiger partial charge in [0.25, 0.3) is 11.8 Å². The van der Waals surface area contributed by atoms with Gasteiger partial charge in [0.1, 0.15) is 12.4 Å². The Balaban J connectivity index is 1.50. The number of carbonyl (C=O) groups is 2. The van der Waals surface area contributed by atoms with Crippen LogP contribution in [0.5, 0.6) is 5.75 Å². The zero-order chi connectivity index (χ0) is 20.9. The Bertz CT molecular complexity index is 1050. The summed E-state index contributed by atoms with van der Waals surface area (Å²) in [6.45, 7) is 1.77. The molecule has 2 aromatic carbocycles. The summed E-state index contributed by atoms with van der Waals surface area (Å²) in [6, 6.07) is 11.8. The fourth-order valence-corrected chi connectivity index (χ4v) is 4.00. The molecule has 154 valence electrons. The van der Waals surface area contributed by atoms with E-state index < -0.39 is 0 Å². The van der Waals surface area contributed by atoms with Gasteiger partial charge in [-0.1, -0.05) is 17.7 Å². The lowest BCUT2D eigenvalue weighted by molar-refractivity contribution is 0.0794. The van der Waals surface area contributed by atoms with E-state index in [-0.39, 0.29) is 11.8 Å². The van der Waals surface area contributed by atoms with E-state index in [9.17, 15) is 9.59 Å². The Morgan fingerprint density at radius 3 is 2.77 bits per heavy atom. The van der Waals surface area contributed by atoms with Gasteiger partial charge in [-0.25, -0.2) is 4.98 Å². The van der Waals surface area contributed by atoms with E-state index in [1.807, 2.05) is 5.38 Å². The summed E-state index contributed by atoms with van der Waals surface area (Å²) in [6.07, 6.45) is 1.98. The molecule has 0 saturated carbocycles. The van der Waals surface area contributed by atoms with E-state index in [1.165, 1.54) is 11.3 Å². The summed E-state index contributed by atoms with van der Waals surface area (Å²) in [5.41, 5.74) is 3.85. The number of ether oxygens (including phenoxy) is 1.